The minimum absolute atomic E-state index is 0.197. The Hall–Kier alpha value is -1.79. The summed E-state index contributed by atoms with van der Waals surface area (Å²) >= 11 is 2.85. The third-order valence-corrected chi connectivity index (χ3v) is 4.30. The molecule has 90 valence electrons. The average molecular weight is 278 g/mol. The van der Waals surface area contributed by atoms with Gasteiger partial charge in [-0.2, -0.15) is 0 Å². The van der Waals surface area contributed by atoms with Crippen LogP contribution in [0.1, 0.15) is 9.67 Å². The zero-order valence-corrected chi connectivity index (χ0v) is 10.6. The molecule has 2 heterocycles. The van der Waals surface area contributed by atoms with Crippen molar-refractivity contribution in [1.29, 1.82) is 0 Å². The minimum Gasteiger partial charge on any atom is -0.321 e. The van der Waals surface area contributed by atoms with Crippen LogP contribution < -0.4 is 5.32 Å². The summed E-state index contributed by atoms with van der Waals surface area (Å²) in [5, 5.41) is 2.72. The van der Waals surface area contributed by atoms with Crippen molar-refractivity contribution in [2.45, 2.75) is 0 Å². The van der Waals surface area contributed by atoms with Crippen LogP contribution in [0.5, 0.6) is 0 Å². The second kappa shape index (κ2) is 4.47. The van der Waals surface area contributed by atoms with Crippen LogP contribution in [0, 0.1) is 5.82 Å². The van der Waals surface area contributed by atoms with Gasteiger partial charge in [0, 0.05) is 5.69 Å². The van der Waals surface area contributed by atoms with Crippen LogP contribution in [0.25, 0.3) is 9.53 Å². The first-order valence-corrected chi connectivity index (χ1v) is 6.82. The molecule has 0 atom stereocenters. The van der Waals surface area contributed by atoms with Crippen molar-refractivity contribution in [3.63, 3.8) is 0 Å². The van der Waals surface area contributed by atoms with Crippen molar-refractivity contribution in [3.8, 4) is 0 Å². The van der Waals surface area contributed by atoms with E-state index in [4.69, 9.17) is 0 Å². The number of nitrogens with one attached hydrogen (secondary N) is 1. The number of fused-ring (bicyclic) bond motifs is 1. The van der Waals surface area contributed by atoms with E-state index < -0.39 is 0 Å². The molecule has 0 saturated carbocycles. The number of hydrogen-bond acceptors (Lipinski definition) is 4. The highest BCUT2D eigenvalue weighted by Crippen LogP contribution is 2.28. The molecule has 1 N–H and O–H groups in total. The van der Waals surface area contributed by atoms with Crippen LogP contribution in [0.4, 0.5) is 10.1 Å². The van der Waals surface area contributed by atoms with Crippen LogP contribution in [0.3, 0.4) is 0 Å². The molecule has 0 aliphatic carbocycles. The van der Waals surface area contributed by atoms with Crippen LogP contribution in [0.2, 0.25) is 0 Å². The van der Waals surface area contributed by atoms with E-state index in [0.29, 0.717) is 10.6 Å². The Labute approximate surface area is 110 Å². The molecule has 0 radical (unpaired) electrons. The first kappa shape index (κ1) is 11.3. The molecule has 0 saturated heterocycles. The number of anilines is 1. The van der Waals surface area contributed by atoms with Gasteiger partial charge < -0.3 is 5.32 Å². The number of carbonyl (C=O) groups is 1. The third kappa shape index (κ3) is 2.12. The second-order valence-electron chi connectivity index (χ2n) is 3.59. The summed E-state index contributed by atoms with van der Waals surface area (Å²) in [5.41, 5.74) is 2.33. The molecule has 0 aliphatic rings. The molecule has 0 bridgehead atoms. The van der Waals surface area contributed by atoms with Gasteiger partial charge in [-0.15, -0.1) is 22.7 Å². The summed E-state index contributed by atoms with van der Waals surface area (Å²) in [7, 11) is 0. The van der Waals surface area contributed by atoms with Crippen LogP contribution in [0.15, 0.2) is 35.8 Å². The van der Waals surface area contributed by atoms with Crippen molar-refractivity contribution in [2.24, 2.45) is 0 Å². The Balaban J connectivity index is 1.82. The van der Waals surface area contributed by atoms with Gasteiger partial charge in [0.05, 0.1) is 15.1 Å². The number of halogens is 1. The van der Waals surface area contributed by atoms with Crippen molar-refractivity contribution in [2.75, 3.05) is 5.32 Å². The Kier molecular flexibility index (Phi) is 2.81. The first-order valence-electron chi connectivity index (χ1n) is 5.12. The maximum Gasteiger partial charge on any atom is 0.265 e. The molecule has 6 heteroatoms. The number of thiazole rings is 1. The highest BCUT2D eigenvalue weighted by molar-refractivity contribution is 7.27. The highest BCUT2D eigenvalue weighted by atomic mass is 32.1. The van der Waals surface area contributed by atoms with Gasteiger partial charge in [-0.3, -0.25) is 4.79 Å². The SMILES string of the molecule is O=C(Nc1ccc(F)cc1)c1cc2scnc2s1. The summed E-state index contributed by atoms with van der Waals surface area (Å²) in [6, 6.07) is 7.49. The maximum atomic E-state index is 12.7. The van der Waals surface area contributed by atoms with E-state index in [0.717, 1.165) is 9.53 Å². The number of hydrogen-bond donors (Lipinski definition) is 1. The summed E-state index contributed by atoms with van der Waals surface area (Å²) < 4.78 is 13.7. The fourth-order valence-corrected chi connectivity index (χ4v) is 3.32. The quantitative estimate of drug-likeness (QED) is 0.775. The van der Waals surface area contributed by atoms with E-state index in [1.165, 1.54) is 46.9 Å². The number of rotatable bonds is 2. The lowest BCUT2D eigenvalue weighted by molar-refractivity contribution is 0.103. The fourth-order valence-electron chi connectivity index (χ4n) is 1.51. The maximum absolute atomic E-state index is 12.7. The van der Waals surface area contributed by atoms with Gasteiger partial charge in [0.15, 0.2) is 0 Å². The van der Waals surface area contributed by atoms with E-state index >= 15 is 0 Å². The van der Waals surface area contributed by atoms with Gasteiger partial charge in [-0.05, 0) is 30.3 Å². The Morgan fingerprint density at radius 3 is 2.78 bits per heavy atom. The van der Waals surface area contributed by atoms with E-state index in [1.54, 1.807) is 5.51 Å². The van der Waals surface area contributed by atoms with Crippen LogP contribution in [-0.4, -0.2) is 10.9 Å². The van der Waals surface area contributed by atoms with E-state index in [-0.39, 0.29) is 11.7 Å². The normalized spacial score (nSPS) is 10.7. The number of thiophene rings is 1. The van der Waals surface area contributed by atoms with Crippen LogP contribution in [-0.2, 0) is 0 Å². The number of benzene rings is 1. The highest BCUT2D eigenvalue weighted by Gasteiger charge is 2.11. The largest absolute Gasteiger partial charge is 0.321 e. The molecule has 2 aromatic heterocycles. The molecule has 3 aromatic rings. The molecule has 3 rings (SSSR count). The smallest absolute Gasteiger partial charge is 0.265 e. The van der Waals surface area contributed by atoms with E-state index in [1.807, 2.05) is 6.07 Å². The molecule has 1 aromatic carbocycles. The standard InChI is InChI=1S/C12H7FN2OS2/c13-7-1-3-8(4-2-7)15-11(16)9-5-10-12(18-9)14-6-17-10/h1-6H,(H,15,16). The summed E-state index contributed by atoms with van der Waals surface area (Å²) in [6.07, 6.45) is 0. The third-order valence-electron chi connectivity index (χ3n) is 2.36. The number of carbonyl (C=O) groups excluding carboxylic acids is 1. The fraction of sp³-hybridized carbons (Fsp3) is 0. The minimum atomic E-state index is -0.325. The van der Waals surface area contributed by atoms with Gasteiger partial charge in [0.2, 0.25) is 0 Å². The van der Waals surface area contributed by atoms with Gasteiger partial charge in [-0.25, -0.2) is 9.37 Å². The zero-order valence-electron chi connectivity index (χ0n) is 9.01. The second-order valence-corrected chi connectivity index (χ2v) is 5.51. The predicted octanol–water partition coefficient (Wildman–Crippen LogP) is 3.75. The lowest BCUT2D eigenvalue weighted by Gasteiger charge is -2.02. The van der Waals surface area contributed by atoms with Crippen molar-refractivity contribution >= 4 is 43.8 Å². The van der Waals surface area contributed by atoms with Gasteiger partial charge in [0.1, 0.15) is 10.6 Å². The molecule has 3 nitrogen and oxygen atoms in total. The first-order chi connectivity index (χ1) is 8.72. The van der Waals surface area contributed by atoms with Crippen molar-refractivity contribution in [1.82, 2.24) is 4.98 Å². The Morgan fingerprint density at radius 2 is 2.06 bits per heavy atom. The summed E-state index contributed by atoms with van der Waals surface area (Å²) in [4.78, 5) is 17.6. The average Bonchev–Trinajstić information content (AvgIpc) is 2.92. The van der Waals surface area contributed by atoms with Gasteiger partial charge in [0.25, 0.3) is 5.91 Å². The monoisotopic (exact) mass is 278 g/mol. The van der Waals surface area contributed by atoms with Gasteiger partial charge >= 0.3 is 0 Å². The number of amides is 1. The summed E-state index contributed by atoms with van der Waals surface area (Å²) in [5.74, 6) is -0.523. The molecule has 1 amide bonds. The molecule has 0 aliphatic heterocycles. The molecular weight excluding hydrogens is 271 g/mol. The predicted molar refractivity (Wildman–Crippen MR) is 71.9 cm³/mol. The topological polar surface area (TPSA) is 42.0 Å². The molecule has 18 heavy (non-hydrogen) atoms. The lowest BCUT2D eigenvalue weighted by Crippen LogP contribution is -2.09. The number of aromatic nitrogens is 1. The van der Waals surface area contributed by atoms with Crippen molar-refractivity contribution < 1.29 is 9.18 Å². The number of nitrogens with zero attached hydrogens (tertiary/aromatic N) is 1. The molecule has 0 unspecified atom stereocenters. The summed E-state index contributed by atoms with van der Waals surface area (Å²) in [6.45, 7) is 0. The Bertz CT molecular complexity index is 674. The van der Waals surface area contributed by atoms with Gasteiger partial charge in [-0.1, -0.05) is 0 Å². The molecule has 0 fully saturated rings. The lowest BCUT2D eigenvalue weighted by atomic mass is 10.3. The van der Waals surface area contributed by atoms with Crippen LogP contribution >= 0.6 is 22.7 Å². The molecular formula is C12H7FN2OS2. The molecule has 0 spiro atoms. The van der Waals surface area contributed by atoms with E-state index in [9.17, 15) is 9.18 Å². The zero-order chi connectivity index (χ0) is 12.5. The van der Waals surface area contributed by atoms with Crippen molar-refractivity contribution in [3.05, 3.63) is 46.5 Å². The van der Waals surface area contributed by atoms with E-state index in [2.05, 4.69) is 10.3 Å². The Morgan fingerprint density at radius 1 is 1.28 bits per heavy atom.